The summed E-state index contributed by atoms with van der Waals surface area (Å²) in [5, 5.41) is 14.7. The normalized spacial score (nSPS) is 19.7. The number of fused-ring (bicyclic) bond motifs is 3. The molecule has 0 aliphatic heterocycles. The fourth-order valence-corrected chi connectivity index (χ4v) is 5.26. The van der Waals surface area contributed by atoms with E-state index in [2.05, 4.69) is 34.9 Å². The van der Waals surface area contributed by atoms with Crippen LogP contribution in [0.4, 0.5) is 4.79 Å². The second-order valence-corrected chi connectivity index (χ2v) is 9.32. The molecule has 2 aromatic carbocycles. The Morgan fingerprint density at radius 3 is 2.29 bits per heavy atom. The predicted octanol–water partition coefficient (Wildman–Crippen LogP) is 4.45. The Hall–Kier alpha value is -3.35. The van der Waals surface area contributed by atoms with Crippen LogP contribution in [0.15, 0.2) is 48.5 Å². The van der Waals surface area contributed by atoms with Crippen LogP contribution in [0.1, 0.15) is 62.5 Å². The van der Waals surface area contributed by atoms with E-state index >= 15 is 0 Å². The first-order valence-corrected chi connectivity index (χ1v) is 12.1. The molecule has 7 nitrogen and oxygen atoms in total. The van der Waals surface area contributed by atoms with E-state index in [1.807, 2.05) is 31.2 Å². The van der Waals surface area contributed by atoms with E-state index in [-0.39, 0.29) is 42.9 Å². The van der Waals surface area contributed by atoms with Crippen molar-refractivity contribution in [2.24, 2.45) is 5.92 Å². The van der Waals surface area contributed by atoms with E-state index in [9.17, 15) is 14.4 Å². The molecule has 0 spiro atoms. The molecule has 7 heteroatoms. The zero-order valence-corrected chi connectivity index (χ0v) is 19.5. The van der Waals surface area contributed by atoms with E-state index in [0.29, 0.717) is 19.3 Å². The van der Waals surface area contributed by atoms with Gasteiger partial charge in [-0.05, 0) is 53.9 Å². The van der Waals surface area contributed by atoms with Crippen molar-refractivity contribution in [3.63, 3.8) is 0 Å². The second-order valence-electron chi connectivity index (χ2n) is 9.32. The first-order chi connectivity index (χ1) is 16.4. The SMILES string of the molecule is CC[C@H](CC(=O)O)NC(=O)CC1CCC(NC(=O)OCC2c3ccccc3-c3ccccc32)C1. The maximum Gasteiger partial charge on any atom is 0.407 e. The largest absolute Gasteiger partial charge is 0.481 e. The summed E-state index contributed by atoms with van der Waals surface area (Å²) >= 11 is 0. The molecule has 2 aromatic rings. The average molecular weight is 465 g/mol. The monoisotopic (exact) mass is 464 g/mol. The molecule has 3 N–H and O–H groups in total. The van der Waals surface area contributed by atoms with Crippen LogP contribution in [-0.2, 0) is 14.3 Å². The van der Waals surface area contributed by atoms with E-state index in [0.717, 1.165) is 12.8 Å². The van der Waals surface area contributed by atoms with Crippen molar-refractivity contribution < 1.29 is 24.2 Å². The van der Waals surface area contributed by atoms with Gasteiger partial charge in [0.1, 0.15) is 6.61 Å². The zero-order valence-electron chi connectivity index (χ0n) is 19.5. The van der Waals surface area contributed by atoms with Gasteiger partial charge in [-0.3, -0.25) is 9.59 Å². The number of aliphatic carboxylic acids is 1. The van der Waals surface area contributed by atoms with E-state index in [4.69, 9.17) is 9.84 Å². The van der Waals surface area contributed by atoms with Crippen molar-refractivity contribution >= 4 is 18.0 Å². The molecule has 0 aromatic heterocycles. The highest BCUT2D eigenvalue weighted by atomic mass is 16.5. The van der Waals surface area contributed by atoms with E-state index < -0.39 is 12.1 Å². The lowest BCUT2D eigenvalue weighted by molar-refractivity contribution is -0.137. The Labute approximate surface area is 199 Å². The lowest BCUT2D eigenvalue weighted by Gasteiger charge is -2.18. The number of hydrogen-bond acceptors (Lipinski definition) is 4. The number of amides is 2. The van der Waals surface area contributed by atoms with Gasteiger partial charge >= 0.3 is 12.1 Å². The van der Waals surface area contributed by atoms with Crippen LogP contribution >= 0.6 is 0 Å². The first-order valence-electron chi connectivity index (χ1n) is 12.1. The van der Waals surface area contributed by atoms with Gasteiger partial charge in [0.15, 0.2) is 0 Å². The summed E-state index contributed by atoms with van der Waals surface area (Å²) in [7, 11) is 0. The summed E-state index contributed by atoms with van der Waals surface area (Å²) in [5.74, 6) is -0.850. The molecule has 0 radical (unpaired) electrons. The third-order valence-corrected chi connectivity index (χ3v) is 6.96. The maximum atomic E-state index is 12.5. The van der Waals surface area contributed by atoms with Gasteiger partial charge in [0, 0.05) is 24.4 Å². The topological polar surface area (TPSA) is 105 Å². The lowest BCUT2D eigenvalue weighted by Crippen LogP contribution is -2.37. The minimum absolute atomic E-state index is 0.0190. The van der Waals surface area contributed by atoms with Crippen LogP contribution in [0.3, 0.4) is 0 Å². The molecule has 3 atom stereocenters. The molecule has 1 saturated carbocycles. The molecule has 0 heterocycles. The molecule has 2 aliphatic carbocycles. The quantitative estimate of drug-likeness (QED) is 0.508. The number of carbonyl (C=O) groups is 3. The van der Waals surface area contributed by atoms with Crippen molar-refractivity contribution in [3.05, 3.63) is 59.7 Å². The summed E-state index contributed by atoms with van der Waals surface area (Å²) < 4.78 is 5.64. The summed E-state index contributed by atoms with van der Waals surface area (Å²) in [5.41, 5.74) is 4.74. The van der Waals surface area contributed by atoms with Crippen LogP contribution in [0.5, 0.6) is 0 Å². The number of ether oxygens (including phenoxy) is 1. The fraction of sp³-hybridized carbons (Fsp3) is 0.444. The molecule has 2 aliphatic rings. The molecule has 4 rings (SSSR count). The molecule has 2 unspecified atom stereocenters. The number of carboxylic acids is 1. The third kappa shape index (κ3) is 5.58. The second kappa shape index (κ2) is 10.7. The lowest BCUT2D eigenvalue weighted by atomic mass is 9.98. The smallest absolute Gasteiger partial charge is 0.407 e. The van der Waals surface area contributed by atoms with Crippen LogP contribution < -0.4 is 10.6 Å². The number of rotatable bonds is 9. The number of hydrogen-bond donors (Lipinski definition) is 3. The fourth-order valence-electron chi connectivity index (χ4n) is 5.26. The Kier molecular flexibility index (Phi) is 7.50. The van der Waals surface area contributed by atoms with Crippen LogP contribution in [-0.4, -0.2) is 41.8 Å². The van der Waals surface area contributed by atoms with E-state index in [1.165, 1.54) is 22.3 Å². The first kappa shape index (κ1) is 23.8. The summed E-state index contributed by atoms with van der Waals surface area (Å²) in [4.78, 5) is 35.7. The van der Waals surface area contributed by atoms with Gasteiger partial charge in [0.05, 0.1) is 6.42 Å². The Balaban J connectivity index is 1.24. The number of carboxylic acid groups (broad SMARTS) is 1. The van der Waals surface area contributed by atoms with Crippen molar-refractivity contribution in [1.82, 2.24) is 10.6 Å². The minimum Gasteiger partial charge on any atom is -0.481 e. The van der Waals surface area contributed by atoms with Gasteiger partial charge in [-0.15, -0.1) is 0 Å². The van der Waals surface area contributed by atoms with Gasteiger partial charge in [-0.1, -0.05) is 55.5 Å². The highest BCUT2D eigenvalue weighted by molar-refractivity contribution is 5.79. The van der Waals surface area contributed by atoms with Crippen LogP contribution in [0, 0.1) is 5.92 Å². The van der Waals surface area contributed by atoms with Crippen molar-refractivity contribution in [2.45, 2.75) is 63.5 Å². The van der Waals surface area contributed by atoms with Crippen molar-refractivity contribution in [1.29, 1.82) is 0 Å². The summed E-state index contributed by atoms with van der Waals surface area (Å²) in [6.45, 7) is 2.14. The number of carbonyl (C=O) groups excluding carboxylic acids is 2. The number of nitrogens with one attached hydrogen (secondary N) is 2. The Morgan fingerprint density at radius 1 is 1.03 bits per heavy atom. The van der Waals surface area contributed by atoms with Gasteiger partial charge in [-0.25, -0.2) is 4.79 Å². The molecule has 0 bridgehead atoms. The predicted molar refractivity (Wildman–Crippen MR) is 128 cm³/mol. The molecule has 180 valence electrons. The minimum atomic E-state index is -0.916. The standard InChI is InChI=1S/C27H32N2O5/c1-2-18(15-26(31)32)28-25(30)14-17-11-12-19(13-17)29-27(33)34-16-24-22-9-5-3-7-20(22)21-8-4-6-10-23(21)24/h3-10,17-19,24H,2,11-16H2,1H3,(H,28,30)(H,29,33)(H,31,32)/t17?,18-,19?/m1/s1. The molecular formula is C27H32N2O5. The van der Waals surface area contributed by atoms with Crippen LogP contribution in [0.2, 0.25) is 0 Å². The Bertz CT molecular complexity index is 1010. The van der Waals surface area contributed by atoms with Gasteiger partial charge in [-0.2, -0.15) is 0 Å². The molecule has 2 amide bonds. The summed E-state index contributed by atoms with van der Waals surface area (Å²) in [6, 6.07) is 16.1. The highest BCUT2D eigenvalue weighted by Crippen LogP contribution is 2.44. The molecule has 34 heavy (non-hydrogen) atoms. The van der Waals surface area contributed by atoms with E-state index in [1.54, 1.807) is 0 Å². The number of benzene rings is 2. The number of alkyl carbamates (subject to hydrolysis) is 1. The van der Waals surface area contributed by atoms with Gasteiger partial charge < -0.3 is 20.5 Å². The zero-order chi connectivity index (χ0) is 24.1. The van der Waals surface area contributed by atoms with Crippen LogP contribution in [0.25, 0.3) is 11.1 Å². The Morgan fingerprint density at radius 2 is 1.68 bits per heavy atom. The highest BCUT2D eigenvalue weighted by Gasteiger charge is 2.31. The molecular weight excluding hydrogens is 432 g/mol. The van der Waals surface area contributed by atoms with Gasteiger partial charge in [0.2, 0.25) is 5.91 Å². The van der Waals surface area contributed by atoms with Crippen molar-refractivity contribution in [3.8, 4) is 11.1 Å². The molecule has 1 fully saturated rings. The van der Waals surface area contributed by atoms with Crippen molar-refractivity contribution in [2.75, 3.05) is 6.61 Å². The maximum absolute atomic E-state index is 12.5. The third-order valence-electron chi connectivity index (χ3n) is 6.96. The summed E-state index contributed by atoms with van der Waals surface area (Å²) in [6.07, 6.45) is 2.79. The molecule has 0 saturated heterocycles. The van der Waals surface area contributed by atoms with Gasteiger partial charge in [0.25, 0.3) is 0 Å². The average Bonchev–Trinajstić information content (AvgIpc) is 3.38.